The smallest absolute Gasteiger partial charge is 0.255 e. The number of hydrogen-bond acceptors (Lipinski definition) is 3. The summed E-state index contributed by atoms with van der Waals surface area (Å²) in [5.74, 6) is -0.107. The monoisotopic (exact) mass is 399 g/mol. The minimum absolute atomic E-state index is 0. The topological polar surface area (TPSA) is 79.2 Å². The number of rotatable bonds is 2. The van der Waals surface area contributed by atoms with E-state index in [0.717, 1.165) is 29.1 Å². The molecule has 1 aliphatic rings. The summed E-state index contributed by atoms with van der Waals surface area (Å²) in [5, 5.41) is 0.750. The van der Waals surface area contributed by atoms with E-state index >= 15 is 0 Å². The summed E-state index contributed by atoms with van der Waals surface area (Å²) in [6.07, 6.45) is 2.99. The number of amides is 1. The number of hydrogen-bond donors (Lipinski definition) is 2. The number of carbonyl (C=O) groups is 1. The first-order valence-electron chi connectivity index (χ1n) is 7.44. The largest absolute Gasteiger partial charge is 0.334 e. The average molecular weight is 401 g/mol. The fraction of sp³-hybridized carbons (Fsp3) is 0.375. The standard InChI is InChI=1S/C16H18BrN3O2.ClH/c17-13-6-3-5-11-12(8-14(21)19-15(11)13)16(22)20-7-2-1-4-10(20)9-18;/h3,5-6,8,10H,1-2,4,7,9,18H2,(H,19,21);1H. The summed E-state index contributed by atoms with van der Waals surface area (Å²) in [7, 11) is 0. The molecule has 1 amide bonds. The maximum absolute atomic E-state index is 12.9. The molecule has 1 unspecified atom stereocenters. The van der Waals surface area contributed by atoms with Gasteiger partial charge >= 0.3 is 0 Å². The van der Waals surface area contributed by atoms with Gasteiger partial charge in [-0.05, 0) is 41.3 Å². The zero-order valence-corrected chi connectivity index (χ0v) is 15.0. The van der Waals surface area contributed by atoms with Gasteiger partial charge in [-0.3, -0.25) is 9.59 Å². The van der Waals surface area contributed by atoms with Crippen molar-refractivity contribution in [3.05, 3.63) is 44.7 Å². The Balaban J connectivity index is 0.00000192. The zero-order chi connectivity index (χ0) is 15.7. The Morgan fingerprint density at radius 3 is 2.91 bits per heavy atom. The van der Waals surface area contributed by atoms with Gasteiger partial charge in [-0.1, -0.05) is 12.1 Å². The van der Waals surface area contributed by atoms with Crippen LogP contribution in [0.5, 0.6) is 0 Å². The third-order valence-electron chi connectivity index (χ3n) is 4.22. The minimum Gasteiger partial charge on any atom is -0.334 e. The van der Waals surface area contributed by atoms with Crippen LogP contribution in [-0.4, -0.2) is 34.9 Å². The molecule has 2 heterocycles. The molecule has 1 saturated heterocycles. The van der Waals surface area contributed by atoms with Crippen LogP contribution in [0.2, 0.25) is 0 Å². The van der Waals surface area contributed by atoms with Crippen LogP contribution in [0.25, 0.3) is 10.9 Å². The van der Waals surface area contributed by atoms with Gasteiger partial charge in [0.25, 0.3) is 5.91 Å². The van der Waals surface area contributed by atoms with Gasteiger partial charge in [0, 0.05) is 35.1 Å². The molecular weight excluding hydrogens is 382 g/mol. The number of fused-ring (bicyclic) bond motifs is 1. The van der Waals surface area contributed by atoms with Crippen molar-refractivity contribution in [3.63, 3.8) is 0 Å². The lowest BCUT2D eigenvalue weighted by molar-refractivity contribution is 0.0625. The van der Waals surface area contributed by atoms with E-state index in [1.54, 1.807) is 0 Å². The van der Waals surface area contributed by atoms with E-state index < -0.39 is 0 Å². The first-order valence-corrected chi connectivity index (χ1v) is 8.23. The average Bonchev–Trinajstić information content (AvgIpc) is 2.54. The van der Waals surface area contributed by atoms with E-state index in [-0.39, 0.29) is 29.9 Å². The van der Waals surface area contributed by atoms with Gasteiger partial charge in [0.1, 0.15) is 0 Å². The van der Waals surface area contributed by atoms with Crippen molar-refractivity contribution in [2.45, 2.75) is 25.3 Å². The Morgan fingerprint density at radius 2 is 2.17 bits per heavy atom. The predicted octanol–water partition coefficient (Wildman–Crippen LogP) is 2.67. The summed E-state index contributed by atoms with van der Waals surface area (Å²) in [6.45, 7) is 1.15. The van der Waals surface area contributed by atoms with Crippen LogP contribution in [0.15, 0.2) is 33.5 Å². The molecule has 1 aromatic carbocycles. The molecular formula is C16H19BrClN3O2. The van der Waals surface area contributed by atoms with Gasteiger partial charge in [0.15, 0.2) is 0 Å². The number of nitrogens with one attached hydrogen (secondary N) is 1. The van der Waals surface area contributed by atoms with Crippen molar-refractivity contribution < 1.29 is 4.79 Å². The maximum atomic E-state index is 12.9. The number of carbonyl (C=O) groups excluding carboxylic acids is 1. The van der Waals surface area contributed by atoms with Crippen molar-refractivity contribution >= 4 is 45.1 Å². The van der Waals surface area contributed by atoms with Crippen molar-refractivity contribution in [1.82, 2.24) is 9.88 Å². The molecule has 0 radical (unpaired) electrons. The van der Waals surface area contributed by atoms with Gasteiger partial charge in [-0.15, -0.1) is 12.4 Å². The Hall–Kier alpha value is -1.37. The molecule has 5 nitrogen and oxygen atoms in total. The summed E-state index contributed by atoms with van der Waals surface area (Å²) in [5.41, 5.74) is 6.63. The molecule has 3 rings (SSSR count). The minimum atomic E-state index is -0.274. The molecule has 1 atom stereocenters. The third kappa shape index (κ3) is 3.44. The number of piperidine rings is 1. The van der Waals surface area contributed by atoms with Crippen molar-refractivity contribution in [2.24, 2.45) is 5.73 Å². The first-order chi connectivity index (χ1) is 10.6. The second kappa shape index (κ2) is 7.47. The van der Waals surface area contributed by atoms with E-state index in [4.69, 9.17) is 5.73 Å². The first kappa shape index (κ1) is 18.0. The highest BCUT2D eigenvalue weighted by Crippen LogP contribution is 2.26. The molecule has 0 bridgehead atoms. The van der Waals surface area contributed by atoms with Gasteiger partial charge in [0.2, 0.25) is 5.56 Å². The highest BCUT2D eigenvalue weighted by atomic mass is 79.9. The van der Waals surface area contributed by atoms with Crippen molar-refractivity contribution in [2.75, 3.05) is 13.1 Å². The number of aromatic nitrogens is 1. The lowest BCUT2D eigenvalue weighted by atomic mass is 10.00. The Morgan fingerprint density at radius 1 is 1.39 bits per heavy atom. The number of H-pyrrole nitrogens is 1. The predicted molar refractivity (Wildman–Crippen MR) is 97.2 cm³/mol. The van der Waals surface area contributed by atoms with Crippen LogP contribution in [0.3, 0.4) is 0 Å². The lowest BCUT2D eigenvalue weighted by Gasteiger charge is -2.35. The second-order valence-corrected chi connectivity index (χ2v) is 6.45. The molecule has 1 aromatic heterocycles. The molecule has 3 N–H and O–H groups in total. The molecule has 2 aromatic rings. The van der Waals surface area contributed by atoms with E-state index in [9.17, 15) is 9.59 Å². The van der Waals surface area contributed by atoms with Crippen molar-refractivity contribution in [3.8, 4) is 0 Å². The number of likely N-dealkylation sites (tertiary alicyclic amines) is 1. The summed E-state index contributed by atoms with van der Waals surface area (Å²) >= 11 is 3.42. The molecule has 124 valence electrons. The van der Waals surface area contributed by atoms with Crippen LogP contribution in [-0.2, 0) is 0 Å². The number of benzene rings is 1. The van der Waals surface area contributed by atoms with Gasteiger partial charge < -0.3 is 15.6 Å². The molecule has 1 aliphatic heterocycles. The third-order valence-corrected chi connectivity index (χ3v) is 4.88. The lowest BCUT2D eigenvalue weighted by Crippen LogP contribution is -2.47. The van der Waals surface area contributed by atoms with E-state index in [0.29, 0.717) is 24.2 Å². The zero-order valence-electron chi connectivity index (χ0n) is 12.5. The normalized spacial score (nSPS) is 17.8. The molecule has 0 spiro atoms. The maximum Gasteiger partial charge on any atom is 0.255 e. The van der Waals surface area contributed by atoms with Gasteiger partial charge in [-0.2, -0.15) is 0 Å². The Kier molecular flexibility index (Phi) is 5.84. The number of nitrogens with two attached hydrogens (primary N) is 1. The van der Waals surface area contributed by atoms with Crippen LogP contribution in [0.4, 0.5) is 0 Å². The number of halogens is 2. The number of pyridine rings is 1. The van der Waals surface area contributed by atoms with Crippen LogP contribution >= 0.6 is 28.3 Å². The van der Waals surface area contributed by atoms with Crippen LogP contribution < -0.4 is 11.3 Å². The van der Waals surface area contributed by atoms with Crippen LogP contribution in [0.1, 0.15) is 29.6 Å². The Labute approximate surface area is 148 Å². The van der Waals surface area contributed by atoms with E-state index in [1.165, 1.54) is 6.07 Å². The van der Waals surface area contributed by atoms with Crippen molar-refractivity contribution in [1.29, 1.82) is 0 Å². The highest BCUT2D eigenvalue weighted by molar-refractivity contribution is 9.10. The summed E-state index contributed by atoms with van der Waals surface area (Å²) in [4.78, 5) is 29.5. The molecule has 0 aliphatic carbocycles. The fourth-order valence-electron chi connectivity index (χ4n) is 3.09. The number of nitrogens with zero attached hydrogens (tertiary/aromatic N) is 1. The quantitative estimate of drug-likeness (QED) is 0.813. The van der Waals surface area contributed by atoms with E-state index in [1.807, 2.05) is 23.1 Å². The molecule has 0 saturated carbocycles. The molecule has 7 heteroatoms. The number of aromatic amines is 1. The fourth-order valence-corrected chi connectivity index (χ4v) is 3.55. The molecule has 1 fully saturated rings. The SMILES string of the molecule is Cl.NCC1CCCCN1C(=O)c1cc(=O)[nH]c2c(Br)cccc12. The molecule has 23 heavy (non-hydrogen) atoms. The Bertz CT molecular complexity index is 777. The summed E-state index contributed by atoms with van der Waals surface area (Å²) < 4.78 is 0.769. The van der Waals surface area contributed by atoms with Crippen LogP contribution in [0, 0.1) is 0 Å². The number of para-hydroxylation sites is 1. The van der Waals surface area contributed by atoms with E-state index in [2.05, 4.69) is 20.9 Å². The highest BCUT2D eigenvalue weighted by Gasteiger charge is 2.27. The van der Waals surface area contributed by atoms with Gasteiger partial charge in [-0.25, -0.2) is 0 Å². The summed E-state index contributed by atoms with van der Waals surface area (Å²) in [6, 6.07) is 7.00. The second-order valence-electron chi connectivity index (χ2n) is 5.59. The van der Waals surface area contributed by atoms with Gasteiger partial charge in [0.05, 0.1) is 11.1 Å².